The smallest absolute Gasteiger partial charge is 0.231 e. The lowest BCUT2D eigenvalue weighted by Gasteiger charge is -1.93. The Morgan fingerprint density at radius 2 is 2.05 bits per heavy atom. The molecule has 0 aliphatic heterocycles. The van der Waals surface area contributed by atoms with E-state index in [-0.39, 0.29) is 0 Å². The van der Waals surface area contributed by atoms with Gasteiger partial charge >= 0.3 is 0 Å². The third-order valence-electron chi connectivity index (χ3n) is 2.84. The van der Waals surface area contributed by atoms with Crippen molar-refractivity contribution in [3.05, 3.63) is 45.3 Å². The highest BCUT2D eigenvalue weighted by Crippen LogP contribution is 2.17. The Hall–Kier alpha value is -2.02. The highest BCUT2D eigenvalue weighted by atomic mass is 32.1. The molecule has 3 aromatic heterocycles. The van der Waals surface area contributed by atoms with Crippen LogP contribution in [-0.2, 0) is 12.8 Å². The summed E-state index contributed by atoms with van der Waals surface area (Å²) in [4.78, 5) is 8.56. The van der Waals surface area contributed by atoms with Crippen LogP contribution in [0.15, 0.2) is 19.9 Å². The van der Waals surface area contributed by atoms with E-state index in [2.05, 4.69) is 20.3 Å². The minimum atomic E-state index is 0.547. The molecule has 0 aliphatic carbocycles. The van der Waals surface area contributed by atoms with Crippen molar-refractivity contribution in [3.8, 4) is 0 Å². The van der Waals surface area contributed by atoms with Crippen LogP contribution in [-0.4, -0.2) is 20.3 Å². The van der Waals surface area contributed by atoms with Crippen molar-refractivity contribution >= 4 is 11.3 Å². The van der Waals surface area contributed by atoms with Crippen molar-refractivity contribution in [2.45, 2.75) is 26.7 Å². The van der Waals surface area contributed by atoms with E-state index in [9.17, 15) is 0 Å². The number of hydrogen-bond donors (Lipinski definition) is 0. The summed E-state index contributed by atoms with van der Waals surface area (Å²) in [5.41, 5.74) is 4.61. The number of thiazole rings is 1. The van der Waals surface area contributed by atoms with Crippen molar-refractivity contribution in [3.63, 3.8) is 0 Å². The Kier molecular flexibility index (Phi) is 3.12. The van der Waals surface area contributed by atoms with Gasteiger partial charge in [-0.15, -0.1) is 11.3 Å². The van der Waals surface area contributed by atoms with Gasteiger partial charge < -0.3 is 9.05 Å². The summed E-state index contributed by atoms with van der Waals surface area (Å²) in [6.45, 7) is 3.78. The summed E-state index contributed by atoms with van der Waals surface area (Å²) in [6.07, 6.45) is 1.14. The van der Waals surface area contributed by atoms with Gasteiger partial charge in [-0.1, -0.05) is 10.3 Å². The second kappa shape index (κ2) is 4.93. The first kappa shape index (κ1) is 12.0. The highest BCUT2D eigenvalue weighted by molar-refractivity contribution is 7.07. The summed E-state index contributed by atoms with van der Waals surface area (Å²) in [7, 11) is 0. The molecule has 98 valence electrons. The maximum Gasteiger partial charge on any atom is 0.231 e. The van der Waals surface area contributed by atoms with Crippen LogP contribution < -0.4 is 0 Å². The van der Waals surface area contributed by atoms with E-state index in [1.54, 1.807) is 16.8 Å². The van der Waals surface area contributed by atoms with Gasteiger partial charge in [0.25, 0.3) is 0 Å². The van der Waals surface area contributed by atoms with Crippen LogP contribution in [0.25, 0.3) is 0 Å². The van der Waals surface area contributed by atoms with Crippen LogP contribution in [0.4, 0.5) is 0 Å². The Labute approximate surface area is 113 Å². The largest absolute Gasteiger partial charge is 0.361 e. The highest BCUT2D eigenvalue weighted by Gasteiger charge is 2.14. The van der Waals surface area contributed by atoms with Crippen molar-refractivity contribution < 1.29 is 9.05 Å². The zero-order valence-electron chi connectivity index (χ0n) is 10.6. The van der Waals surface area contributed by atoms with Crippen molar-refractivity contribution in [2.75, 3.05) is 0 Å². The monoisotopic (exact) mass is 276 g/mol. The van der Waals surface area contributed by atoms with Crippen LogP contribution >= 0.6 is 11.3 Å². The van der Waals surface area contributed by atoms with Crippen LogP contribution in [0.5, 0.6) is 0 Å². The van der Waals surface area contributed by atoms with Crippen LogP contribution in [0.2, 0.25) is 0 Å². The van der Waals surface area contributed by atoms with E-state index >= 15 is 0 Å². The minimum absolute atomic E-state index is 0.547. The molecule has 3 rings (SSSR count). The third-order valence-corrected chi connectivity index (χ3v) is 3.48. The Morgan fingerprint density at radius 1 is 1.16 bits per heavy atom. The first-order chi connectivity index (χ1) is 9.22. The molecule has 0 saturated heterocycles. The van der Waals surface area contributed by atoms with E-state index in [0.29, 0.717) is 24.6 Å². The van der Waals surface area contributed by atoms with Gasteiger partial charge in [0.15, 0.2) is 5.82 Å². The van der Waals surface area contributed by atoms with Crippen LogP contribution in [0.3, 0.4) is 0 Å². The lowest BCUT2D eigenvalue weighted by molar-refractivity contribution is 0.377. The lowest BCUT2D eigenvalue weighted by Crippen LogP contribution is -1.94. The van der Waals surface area contributed by atoms with Gasteiger partial charge in [-0.2, -0.15) is 4.98 Å². The first-order valence-electron chi connectivity index (χ1n) is 5.82. The maximum absolute atomic E-state index is 5.24. The molecule has 0 unspecified atom stereocenters. The van der Waals surface area contributed by atoms with E-state index in [1.165, 1.54) is 0 Å². The maximum atomic E-state index is 5.24. The fraction of sp³-hybridized carbons (Fsp3) is 0.333. The standard InChI is InChI=1S/C12H12N4O2S/c1-7-10(8(2)17-15-7)4-12-14-11(16-18-12)3-9-5-19-6-13-9/h5-6H,3-4H2,1-2H3. The average molecular weight is 276 g/mol. The molecule has 0 atom stereocenters. The summed E-state index contributed by atoms with van der Waals surface area (Å²) in [6, 6.07) is 0. The molecule has 0 N–H and O–H groups in total. The Bertz CT molecular complexity index is 652. The summed E-state index contributed by atoms with van der Waals surface area (Å²) in [5.74, 6) is 2.00. The van der Waals surface area contributed by atoms with E-state index < -0.39 is 0 Å². The van der Waals surface area contributed by atoms with Gasteiger partial charge in [-0.25, -0.2) is 4.98 Å². The molecule has 0 aliphatic rings. The zero-order chi connectivity index (χ0) is 13.2. The normalized spacial score (nSPS) is 11.1. The van der Waals surface area contributed by atoms with E-state index in [1.807, 2.05) is 19.2 Å². The molecule has 0 amide bonds. The predicted molar refractivity (Wildman–Crippen MR) is 68.0 cm³/mol. The summed E-state index contributed by atoms with van der Waals surface area (Å²) >= 11 is 1.56. The van der Waals surface area contributed by atoms with Gasteiger partial charge in [0.2, 0.25) is 5.89 Å². The molecule has 7 heteroatoms. The van der Waals surface area contributed by atoms with E-state index in [0.717, 1.165) is 22.7 Å². The summed E-state index contributed by atoms with van der Waals surface area (Å²) in [5, 5.41) is 9.84. The van der Waals surface area contributed by atoms with Gasteiger partial charge in [-0.3, -0.25) is 0 Å². The number of hydrogen-bond acceptors (Lipinski definition) is 7. The van der Waals surface area contributed by atoms with Crippen molar-refractivity contribution in [1.82, 2.24) is 20.3 Å². The van der Waals surface area contributed by atoms with Gasteiger partial charge in [-0.05, 0) is 13.8 Å². The molecule has 19 heavy (non-hydrogen) atoms. The number of aromatic nitrogens is 4. The second-order valence-electron chi connectivity index (χ2n) is 4.24. The number of aryl methyl sites for hydroxylation is 2. The van der Waals surface area contributed by atoms with E-state index in [4.69, 9.17) is 9.05 Å². The SMILES string of the molecule is Cc1noc(C)c1Cc1nc(Cc2cscn2)no1. The second-order valence-corrected chi connectivity index (χ2v) is 4.96. The van der Waals surface area contributed by atoms with Gasteiger partial charge in [0, 0.05) is 10.9 Å². The minimum Gasteiger partial charge on any atom is -0.361 e. The number of rotatable bonds is 4. The fourth-order valence-corrected chi connectivity index (χ4v) is 2.38. The first-order valence-corrected chi connectivity index (χ1v) is 6.77. The van der Waals surface area contributed by atoms with Crippen LogP contribution in [0, 0.1) is 13.8 Å². The molecule has 0 fully saturated rings. The molecular weight excluding hydrogens is 264 g/mol. The molecule has 0 saturated carbocycles. The van der Waals surface area contributed by atoms with Crippen molar-refractivity contribution in [2.24, 2.45) is 0 Å². The summed E-state index contributed by atoms with van der Waals surface area (Å²) < 4.78 is 10.4. The van der Waals surface area contributed by atoms with Gasteiger partial charge in [0.05, 0.1) is 29.7 Å². The third kappa shape index (κ3) is 2.55. The molecule has 0 radical (unpaired) electrons. The molecular formula is C12H12N4O2S. The molecule has 3 aromatic rings. The molecule has 0 aromatic carbocycles. The Balaban J connectivity index is 1.75. The fourth-order valence-electron chi connectivity index (χ4n) is 1.83. The van der Waals surface area contributed by atoms with Gasteiger partial charge in [0.1, 0.15) is 5.76 Å². The predicted octanol–water partition coefficient (Wildman–Crippen LogP) is 2.31. The lowest BCUT2D eigenvalue weighted by atomic mass is 10.1. The molecule has 0 spiro atoms. The molecule has 0 bridgehead atoms. The Morgan fingerprint density at radius 3 is 2.74 bits per heavy atom. The topological polar surface area (TPSA) is 77.8 Å². The quantitative estimate of drug-likeness (QED) is 0.727. The zero-order valence-corrected chi connectivity index (χ0v) is 11.4. The van der Waals surface area contributed by atoms with Crippen LogP contribution in [0.1, 0.15) is 34.4 Å². The number of nitrogens with zero attached hydrogens (tertiary/aromatic N) is 4. The molecule has 3 heterocycles. The molecule has 6 nitrogen and oxygen atoms in total. The van der Waals surface area contributed by atoms with Crippen molar-refractivity contribution in [1.29, 1.82) is 0 Å². The average Bonchev–Trinajstić information content (AvgIpc) is 3.10.